The molecule has 0 unspecified atom stereocenters. The zero-order chi connectivity index (χ0) is 19.3. The Morgan fingerprint density at radius 1 is 1.18 bits per heavy atom. The number of nitrogens with one attached hydrogen (secondary N) is 1. The quantitative estimate of drug-likeness (QED) is 0.771. The van der Waals surface area contributed by atoms with Crippen LogP contribution in [0, 0.1) is 0 Å². The van der Waals surface area contributed by atoms with Crippen molar-refractivity contribution < 1.29 is 9.53 Å². The van der Waals surface area contributed by atoms with Crippen LogP contribution < -0.4 is 11.1 Å². The molecule has 1 saturated heterocycles. The van der Waals surface area contributed by atoms with E-state index in [9.17, 15) is 4.79 Å². The van der Waals surface area contributed by atoms with Crippen LogP contribution in [0.2, 0.25) is 0 Å². The van der Waals surface area contributed by atoms with E-state index >= 15 is 0 Å². The Balaban J connectivity index is 1.44. The van der Waals surface area contributed by atoms with Crippen LogP contribution in [0.4, 0.5) is 5.82 Å². The van der Waals surface area contributed by atoms with Crippen molar-refractivity contribution >= 4 is 28.7 Å². The molecule has 1 aliphatic heterocycles. The molecule has 7 nitrogen and oxygen atoms in total. The van der Waals surface area contributed by atoms with Crippen LogP contribution in [-0.2, 0) is 9.53 Å². The number of hydrogen-bond acceptors (Lipinski definition) is 6. The number of carbonyl (C=O) groups is 1. The summed E-state index contributed by atoms with van der Waals surface area (Å²) in [7, 11) is 0. The molecular weight excluding hydrogens is 354 g/mol. The molecule has 2 fully saturated rings. The van der Waals surface area contributed by atoms with Gasteiger partial charge in [0.1, 0.15) is 12.1 Å². The lowest BCUT2D eigenvalue weighted by Gasteiger charge is -2.39. The molecule has 1 amide bonds. The van der Waals surface area contributed by atoms with Gasteiger partial charge in [-0.1, -0.05) is 6.07 Å². The summed E-state index contributed by atoms with van der Waals surface area (Å²) in [6.07, 6.45) is 9.35. The normalized spacial score (nSPS) is 23.9. The summed E-state index contributed by atoms with van der Waals surface area (Å²) in [6, 6.07) is 6.95. The van der Waals surface area contributed by atoms with E-state index in [1.807, 2.05) is 18.2 Å². The van der Waals surface area contributed by atoms with E-state index in [1.165, 1.54) is 18.9 Å². The molecule has 1 aromatic heterocycles. The van der Waals surface area contributed by atoms with E-state index < -0.39 is 5.91 Å². The topological polar surface area (TPSA) is 93.4 Å². The van der Waals surface area contributed by atoms with Gasteiger partial charge in [0.05, 0.1) is 18.7 Å². The van der Waals surface area contributed by atoms with Crippen molar-refractivity contribution in [2.75, 3.05) is 31.6 Å². The van der Waals surface area contributed by atoms with Gasteiger partial charge in [0.25, 0.3) is 0 Å². The Kier molecular flexibility index (Phi) is 5.83. The van der Waals surface area contributed by atoms with Crippen molar-refractivity contribution in [2.24, 2.45) is 5.73 Å². The molecule has 2 heterocycles. The first kappa shape index (κ1) is 18.8. The van der Waals surface area contributed by atoms with E-state index in [-0.39, 0.29) is 0 Å². The molecule has 2 aromatic rings. The molecule has 3 N–H and O–H groups in total. The average molecular weight is 381 g/mol. The van der Waals surface area contributed by atoms with Gasteiger partial charge in [0.15, 0.2) is 0 Å². The van der Waals surface area contributed by atoms with Gasteiger partial charge in [-0.25, -0.2) is 9.97 Å². The first-order valence-electron chi connectivity index (χ1n) is 9.99. The van der Waals surface area contributed by atoms with Gasteiger partial charge in [-0.15, -0.1) is 0 Å². The van der Waals surface area contributed by atoms with Crippen molar-refractivity contribution in [2.45, 2.75) is 37.8 Å². The Morgan fingerprint density at radius 2 is 1.96 bits per heavy atom. The van der Waals surface area contributed by atoms with E-state index in [0.29, 0.717) is 12.1 Å². The van der Waals surface area contributed by atoms with Crippen molar-refractivity contribution in [1.29, 1.82) is 0 Å². The monoisotopic (exact) mass is 381 g/mol. The summed E-state index contributed by atoms with van der Waals surface area (Å²) < 4.78 is 5.47. The maximum atomic E-state index is 11.0. The van der Waals surface area contributed by atoms with Crippen molar-refractivity contribution in [1.82, 2.24) is 14.9 Å². The average Bonchev–Trinajstić information content (AvgIpc) is 2.74. The first-order chi connectivity index (χ1) is 13.7. The summed E-state index contributed by atoms with van der Waals surface area (Å²) in [5.74, 6) is 0.397. The third kappa shape index (κ3) is 4.48. The molecule has 0 radical (unpaired) electrons. The van der Waals surface area contributed by atoms with Gasteiger partial charge in [-0.2, -0.15) is 0 Å². The maximum absolute atomic E-state index is 11.0. The number of aromatic nitrogens is 2. The highest BCUT2D eigenvalue weighted by atomic mass is 16.5. The molecule has 4 rings (SSSR count). The number of rotatable bonds is 5. The number of anilines is 1. The Morgan fingerprint density at radius 3 is 2.71 bits per heavy atom. The van der Waals surface area contributed by atoms with Gasteiger partial charge in [0.2, 0.25) is 5.91 Å². The lowest BCUT2D eigenvalue weighted by atomic mass is 9.90. The van der Waals surface area contributed by atoms with Crippen LogP contribution in [0.15, 0.2) is 30.6 Å². The second kappa shape index (κ2) is 8.67. The van der Waals surface area contributed by atoms with Gasteiger partial charge in [-0.05, 0) is 49.5 Å². The van der Waals surface area contributed by atoms with Gasteiger partial charge in [0, 0.05) is 36.6 Å². The molecule has 0 bridgehead atoms. The summed E-state index contributed by atoms with van der Waals surface area (Å²) in [4.78, 5) is 22.4. The highest BCUT2D eigenvalue weighted by Crippen LogP contribution is 2.28. The zero-order valence-electron chi connectivity index (χ0n) is 16.0. The molecule has 1 aromatic carbocycles. The highest BCUT2D eigenvalue weighted by molar-refractivity contribution is 5.93. The standard InChI is InChI=1S/C21H27N5O2/c22-20(27)8-2-15-1-7-19-18(13-15)21(24-14-23-19)25-16-3-5-17(6-4-16)26-9-11-28-12-10-26/h1-2,7-8,13-14,16-17H,3-6,9-12H2,(H2,22,27)(H,23,24,25). The molecule has 7 heteroatoms. The molecular formula is C21H27N5O2. The molecule has 0 atom stereocenters. The fourth-order valence-corrected chi connectivity index (χ4v) is 4.19. The zero-order valence-corrected chi connectivity index (χ0v) is 16.0. The number of primary amides is 1. The maximum Gasteiger partial charge on any atom is 0.241 e. The summed E-state index contributed by atoms with van der Waals surface area (Å²) >= 11 is 0. The third-order valence-corrected chi connectivity index (χ3v) is 5.70. The minimum atomic E-state index is -0.459. The van der Waals surface area contributed by atoms with Gasteiger partial charge < -0.3 is 15.8 Å². The Labute approximate surface area is 165 Å². The number of carbonyl (C=O) groups excluding carboxylic acids is 1. The van der Waals surface area contributed by atoms with Crippen LogP contribution in [0.5, 0.6) is 0 Å². The minimum Gasteiger partial charge on any atom is -0.379 e. The number of benzene rings is 1. The van der Waals surface area contributed by atoms with Crippen LogP contribution in [0.25, 0.3) is 17.0 Å². The number of nitrogens with two attached hydrogens (primary N) is 1. The number of morpholine rings is 1. The van der Waals surface area contributed by atoms with Crippen LogP contribution in [-0.4, -0.2) is 59.2 Å². The fraction of sp³-hybridized carbons (Fsp3) is 0.476. The Bertz CT molecular complexity index is 855. The molecule has 1 saturated carbocycles. The molecule has 2 aliphatic rings. The predicted octanol–water partition coefficient (Wildman–Crippen LogP) is 2.18. The van der Waals surface area contributed by atoms with E-state index in [1.54, 1.807) is 12.4 Å². The number of ether oxygens (including phenoxy) is 1. The summed E-state index contributed by atoms with van der Waals surface area (Å²) in [5, 5.41) is 4.59. The molecule has 1 aliphatic carbocycles. The number of hydrogen-bond donors (Lipinski definition) is 2. The van der Waals surface area contributed by atoms with E-state index in [4.69, 9.17) is 10.5 Å². The molecule has 148 valence electrons. The number of amides is 1. The van der Waals surface area contributed by atoms with Crippen LogP contribution in [0.3, 0.4) is 0 Å². The van der Waals surface area contributed by atoms with Crippen LogP contribution in [0.1, 0.15) is 31.2 Å². The lowest BCUT2D eigenvalue weighted by molar-refractivity contribution is -0.113. The SMILES string of the molecule is NC(=O)C=Cc1ccc2ncnc(NC3CCC(N4CCOCC4)CC3)c2c1. The molecule has 28 heavy (non-hydrogen) atoms. The van der Waals surface area contributed by atoms with Crippen molar-refractivity contribution in [3.8, 4) is 0 Å². The van der Waals surface area contributed by atoms with Gasteiger partial charge in [-0.3, -0.25) is 9.69 Å². The van der Waals surface area contributed by atoms with Crippen molar-refractivity contribution in [3.63, 3.8) is 0 Å². The lowest BCUT2D eigenvalue weighted by Crippen LogP contribution is -2.46. The predicted molar refractivity (Wildman–Crippen MR) is 110 cm³/mol. The summed E-state index contributed by atoms with van der Waals surface area (Å²) in [5.41, 5.74) is 6.99. The second-order valence-electron chi connectivity index (χ2n) is 7.53. The largest absolute Gasteiger partial charge is 0.379 e. The minimum absolute atomic E-state index is 0.417. The first-order valence-corrected chi connectivity index (χ1v) is 9.99. The smallest absolute Gasteiger partial charge is 0.241 e. The number of fused-ring (bicyclic) bond motifs is 1. The van der Waals surface area contributed by atoms with E-state index in [0.717, 1.165) is 61.4 Å². The third-order valence-electron chi connectivity index (χ3n) is 5.70. The van der Waals surface area contributed by atoms with Gasteiger partial charge >= 0.3 is 0 Å². The Hall–Kier alpha value is -2.51. The second-order valence-corrected chi connectivity index (χ2v) is 7.53. The van der Waals surface area contributed by atoms with Crippen molar-refractivity contribution in [3.05, 3.63) is 36.2 Å². The molecule has 0 spiro atoms. The fourth-order valence-electron chi connectivity index (χ4n) is 4.19. The highest BCUT2D eigenvalue weighted by Gasteiger charge is 2.27. The number of nitrogens with zero attached hydrogens (tertiary/aromatic N) is 3. The van der Waals surface area contributed by atoms with Crippen LogP contribution >= 0.6 is 0 Å². The van der Waals surface area contributed by atoms with E-state index in [2.05, 4.69) is 20.2 Å². The summed E-state index contributed by atoms with van der Waals surface area (Å²) in [6.45, 7) is 3.83.